The minimum atomic E-state index is -0.438. The van der Waals surface area contributed by atoms with Crippen LogP contribution in [0.2, 0.25) is 0 Å². The second-order valence-electron chi connectivity index (χ2n) is 6.79. The molecule has 2 heterocycles. The highest BCUT2D eigenvalue weighted by atomic mass is 32.1. The number of aryl methyl sites for hydroxylation is 1. The highest BCUT2D eigenvalue weighted by molar-refractivity contribution is 7.09. The van der Waals surface area contributed by atoms with Crippen molar-refractivity contribution in [1.82, 2.24) is 20.4 Å². The average Bonchev–Trinajstić information content (AvgIpc) is 3.17. The van der Waals surface area contributed by atoms with Crippen molar-refractivity contribution in [1.29, 1.82) is 0 Å². The Kier molecular flexibility index (Phi) is 6.98. The van der Waals surface area contributed by atoms with Crippen molar-refractivity contribution in [2.24, 2.45) is 0 Å². The van der Waals surface area contributed by atoms with E-state index < -0.39 is 6.03 Å². The Morgan fingerprint density at radius 3 is 2.48 bits per heavy atom. The molecule has 1 aromatic heterocycles. The summed E-state index contributed by atoms with van der Waals surface area (Å²) in [4.78, 5) is 29.4. The minimum Gasteiger partial charge on any atom is -0.333 e. The van der Waals surface area contributed by atoms with Crippen LogP contribution in [0.4, 0.5) is 4.79 Å². The maximum atomic E-state index is 12.1. The third-order valence-corrected chi connectivity index (χ3v) is 5.62. The zero-order valence-electron chi connectivity index (χ0n) is 15.6. The van der Waals surface area contributed by atoms with E-state index in [1.165, 1.54) is 11.1 Å². The van der Waals surface area contributed by atoms with Crippen LogP contribution in [0.5, 0.6) is 0 Å². The maximum absolute atomic E-state index is 12.1. The average molecular weight is 387 g/mol. The molecule has 2 aromatic rings. The van der Waals surface area contributed by atoms with Gasteiger partial charge in [0.15, 0.2) is 0 Å². The number of carbonyl (C=O) groups excluding carboxylic acids is 2. The molecule has 0 bridgehead atoms. The number of benzene rings is 1. The summed E-state index contributed by atoms with van der Waals surface area (Å²) in [7, 11) is 0. The van der Waals surface area contributed by atoms with Crippen molar-refractivity contribution < 1.29 is 9.59 Å². The first kappa shape index (κ1) is 19.5. The molecule has 0 radical (unpaired) electrons. The molecule has 0 aliphatic carbocycles. The summed E-state index contributed by atoms with van der Waals surface area (Å²) in [5.41, 5.74) is 2.67. The number of thiophene rings is 1. The van der Waals surface area contributed by atoms with Gasteiger partial charge in [-0.2, -0.15) is 0 Å². The van der Waals surface area contributed by atoms with Crippen molar-refractivity contribution in [3.63, 3.8) is 0 Å². The van der Waals surface area contributed by atoms with E-state index in [1.807, 2.05) is 17.5 Å². The van der Waals surface area contributed by atoms with Crippen LogP contribution in [-0.4, -0.2) is 54.5 Å². The van der Waals surface area contributed by atoms with Gasteiger partial charge in [-0.1, -0.05) is 30.3 Å². The number of hydrogen-bond donors (Lipinski definition) is 2. The molecule has 6 nitrogen and oxygen atoms in total. The predicted octanol–water partition coefficient (Wildman–Crippen LogP) is 2.20. The molecule has 27 heavy (non-hydrogen) atoms. The summed E-state index contributed by atoms with van der Waals surface area (Å²) in [5, 5.41) is 7.07. The quantitative estimate of drug-likeness (QED) is 0.799. The summed E-state index contributed by atoms with van der Waals surface area (Å²) in [6.45, 7) is 7.28. The van der Waals surface area contributed by atoms with Gasteiger partial charge in [-0.15, -0.1) is 11.3 Å². The Balaban J connectivity index is 1.35. The van der Waals surface area contributed by atoms with E-state index in [-0.39, 0.29) is 12.5 Å². The van der Waals surface area contributed by atoms with E-state index in [0.29, 0.717) is 6.54 Å². The molecular formula is C20H26N4O2S. The highest BCUT2D eigenvalue weighted by Crippen LogP contribution is 2.12. The van der Waals surface area contributed by atoms with E-state index in [9.17, 15) is 9.59 Å². The van der Waals surface area contributed by atoms with Gasteiger partial charge in [-0.25, -0.2) is 4.79 Å². The fourth-order valence-corrected chi connectivity index (χ4v) is 3.77. The Bertz CT molecular complexity index is 755. The lowest BCUT2D eigenvalue weighted by Gasteiger charge is -2.34. The summed E-state index contributed by atoms with van der Waals surface area (Å²) in [5.74, 6) is -0.258. The normalized spacial score (nSPS) is 15.4. The number of urea groups is 1. The Morgan fingerprint density at radius 1 is 1.04 bits per heavy atom. The lowest BCUT2D eigenvalue weighted by Crippen LogP contribution is -2.50. The van der Waals surface area contributed by atoms with Gasteiger partial charge in [-0.05, 0) is 29.5 Å². The van der Waals surface area contributed by atoms with E-state index in [2.05, 4.69) is 51.6 Å². The van der Waals surface area contributed by atoms with E-state index >= 15 is 0 Å². The molecule has 1 aliphatic rings. The van der Waals surface area contributed by atoms with Crippen LogP contribution in [0, 0.1) is 6.92 Å². The number of piperazine rings is 1. The number of nitrogens with zero attached hydrogens (tertiary/aromatic N) is 2. The number of carbonyl (C=O) groups is 2. The van der Waals surface area contributed by atoms with Crippen molar-refractivity contribution in [3.8, 4) is 0 Å². The van der Waals surface area contributed by atoms with E-state index in [4.69, 9.17) is 0 Å². The van der Waals surface area contributed by atoms with Crippen molar-refractivity contribution in [2.75, 3.05) is 32.7 Å². The molecular weight excluding hydrogens is 360 g/mol. The van der Waals surface area contributed by atoms with Gasteiger partial charge in [0.25, 0.3) is 0 Å². The molecule has 0 saturated carbocycles. The first-order valence-electron chi connectivity index (χ1n) is 9.19. The lowest BCUT2D eigenvalue weighted by molar-refractivity contribution is -0.121. The summed E-state index contributed by atoms with van der Waals surface area (Å²) >= 11 is 1.57. The van der Waals surface area contributed by atoms with Gasteiger partial charge in [-0.3, -0.25) is 19.9 Å². The predicted molar refractivity (Wildman–Crippen MR) is 108 cm³/mol. The molecule has 3 amide bonds. The zero-order chi connectivity index (χ0) is 19.1. The van der Waals surface area contributed by atoms with Gasteiger partial charge in [0.1, 0.15) is 0 Å². The van der Waals surface area contributed by atoms with Crippen LogP contribution in [0.15, 0.2) is 41.8 Å². The smallest absolute Gasteiger partial charge is 0.321 e. The third-order valence-electron chi connectivity index (χ3n) is 4.74. The molecule has 1 aromatic carbocycles. The highest BCUT2D eigenvalue weighted by Gasteiger charge is 2.20. The summed E-state index contributed by atoms with van der Waals surface area (Å²) in [6, 6.07) is 11.9. The molecule has 3 rings (SSSR count). The Hall–Kier alpha value is -2.22. The Labute approximate surface area is 164 Å². The summed E-state index contributed by atoms with van der Waals surface area (Å²) < 4.78 is 0. The fraction of sp³-hybridized carbons (Fsp3) is 0.400. The first-order chi connectivity index (χ1) is 13.1. The van der Waals surface area contributed by atoms with Gasteiger partial charge in [0.05, 0.1) is 13.1 Å². The van der Waals surface area contributed by atoms with Gasteiger partial charge in [0.2, 0.25) is 5.91 Å². The SMILES string of the molecule is Cc1ccccc1CN1CCN(CC(=O)NC(=O)NCc2cccs2)CC1. The second-order valence-corrected chi connectivity index (χ2v) is 7.82. The zero-order valence-corrected chi connectivity index (χ0v) is 16.4. The first-order valence-corrected chi connectivity index (χ1v) is 10.1. The molecule has 7 heteroatoms. The van der Waals surface area contributed by atoms with Crippen LogP contribution in [-0.2, 0) is 17.9 Å². The van der Waals surface area contributed by atoms with E-state index in [0.717, 1.165) is 37.6 Å². The standard InChI is InChI=1S/C20H26N4O2S/c1-16-5-2-3-6-17(16)14-23-8-10-24(11-9-23)15-19(25)22-20(26)21-13-18-7-4-12-27-18/h2-7,12H,8-11,13-15H2,1H3,(H2,21,22,25,26). The van der Waals surface area contributed by atoms with Gasteiger partial charge >= 0.3 is 6.03 Å². The van der Waals surface area contributed by atoms with Crippen LogP contribution in [0.3, 0.4) is 0 Å². The molecule has 0 spiro atoms. The third kappa shape index (κ3) is 6.16. The van der Waals surface area contributed by atoms with Crippen molar-refractivity contribution >= 4 is 23.3 Å². The van der Waals surface area contributed by atoms with Gasteiger partial charge < -0.3 is 5.32 Å². The van der Waals surface area contributed by atoms with Crippen LogP contribution < -0.4 is 10.6 Å². The minimum absolute atomic E-state index is 0.255. The molecule has 1 fully saturated rings. The summed E-state index contributed by atoms with van der Waals surface area (Å²) in [6.07, 6.45) is 0. The monoisotopic (exact) mass is 386 g/mol. The number of imide groups is 1. The lowest BCUT2D eigenvalue weighted by atomic mass is 10.1. The number of rotatable bonds is 6. The van der Waals surface area contributed by atoms with Gasteiger partial charge in [0, 0.05) is 37.6 Å². The molecule has 2 N–H and O–H groups in total. The Morgan fingerprint density at radius 2 is 1.78 bits per heavy atom. The molecule has 1 saturated heterocycles. The van der Waals surface area contributed by atoms with Crippen LogP contribution in [0.1, 0.15) is 16.0 Å². The van der Waals surface area contributed by atoms with Crippen molar-refractivity contribution in [2.45, 2.75) is 20.0 Å². The largest absolute Gasteiger partial charge is 0.333 e. The molecule has 1 aliphatic heterocycles. The number of amides is 3. The second kappa shape index (κ2) is 9.64. The number of hydrogen-bond acceptors (Lipinski definition) is 5. The van der Waals surface area contributed by atoms with Crippen LogP contribution >= 0.6 is 11.3 Å². The van der Waals surface area contributed by atoms with E-state index in [1.54, 1.807) is 11.3 Å². The molecule has 0 atom stereocenters. The fourth-order valence-electron chi connectivity index (χ4n) is 3.13. The topological polar surface area (TPSA) is 64.7 Å². The number of nitrogens with one attached hydrogen (secondary N) is 2. The van der Waals surface area contributed by atoms with Crippen LogP contribution in [0.25, 0.3) is 0 Å². The maximum Gasteiger partial charge on any atom is 0.321 e. The molecule has 144 valence electrons. The molecule has 0 unspecified atom stereocenters. The van der Waals surface area contributed by atoms with Crippen molar-refractivity contribution in [3.05, 3.63) is 57.8 Å².